The van der Waals surface area contributed by atoms with Crippen molar-refractivity contribution in [3.8, 4) is 12.1 Å². The Labute approximate surface area is 185 Å². The fourth-order valence-corrected chi connectivity index (χ4v) is 5.62. The van der Waals surface area contributed by atoms with Gasteiger partial charge in [0.2, 0.25) is 5.91 Å². The van der Waals surface area contributed by atoms with E-state index < -0.39 is 5.25 Å². The second kappa shape index (κ2) is 9.61. The highest BCUT2D eigenvalue weighted by atomic mass is 32.2. The van der Waals surface area contributed by atoms with Gasteiger partial charge >= 0.3 is 0 Å². The van der Waals surface area contributed by atoms with E-state index in [4.69, 9.17) is 0 Å². The number of hydrogen-bond acceptors (Lipinski definition) is 7. The Morgan fingerprint density at radius 2 is 2.13 bits per heavy atom. The summed E-state index contributed by atoms with van der Waals surface area (Å²) in [6.45, 7) is 7.75. The van der Waals surface area contributed by atoms with E-state index in [1.165, 1.54) is 23.1 Å². The lowest BCUT2D eigenvalue weighted by Gasteiger charge is -2.21. The molecule has 0 spiro atoms. The summed E-state index contributed by atoms with van der Waals surface area (Å²) in [4.78, 5) is 21.0. The Balaban J connectivity index is 1.83. The first-order chi connectivity index (χ1) is 14.4. The summed E-state index contributed by atoms with van der Waals surface area (Å²) in [5, 5.41) is 22.9. The van der Waals surface area contributed by atoms with Gasteiger partial charge in [0.15, 0.2) is 0 Å². The molecular weight excluding hydrogens is 414 g/mol. The lowest BCUT2D eigenvalue weighted by molar-refractivity contribution is -0.115. The second-order valence-electron chi connectivity index (χ2n) is 7.67. The minimum Gasteiger partial charge on any atom is -0.316 e. The van der Waals surface area contributed by atoms with Gasteiger partial charge in [0, 0.05) is 23.7 Å². The summed E-state index contributed by atoms with van der Waals surface area (Å²) in [5.74, 6) is 0.0753. The number of rotatable bonds is 6. The van der Waals surface area contributed by atoms with Crippen molar-refractivity contribution >= 4 is 34.0 Å². The summed E-state index contributed by atoms with van der Waals surface area (Å²) in [6.07, 6.45) is 1.41. The van der Waals surface area contributed by atoms with Gasteiger partial charge in [0.25, 0.3) is 0 Å². The van der Waals surface area contributed by atoms with Crippen molar-refractivity contribution in [1.29, 1.82) is 10.5 Å². The maximum Gasteiger partial charge on any atom is 0.238 e. The van der Waals surface area contributed by atoms with Crippen molar-refractivity contribution in [1.82, 2.24) is 9.88 Å². The van der Waals surface area contributed by atoms with E-state index in [0.717, 1.165) is 35.6 Å². The van der Waals surface area contributed by atoms with Crippen LogP contribution in [0.5, 0.6) is 0 Å². The Bertz CT molecular complexity index is 1030. The van der Waals surface area contributed by atoms with Crippen LogP contribution in [0.15, 0.2) is 17.2 Å². The molecule has 3 heterocycles. The van der Waals surface area contributed by atoms with Crippen LogP contribution >= 0.6 is 23.1 Å². The summed E-state index contributed by atoms with van der Waals surface area (Å²) >= 11 is 2.81. The predicted molar refractivity (Wildman–Crippen MR) is 121 cm³/mol. The number of aromatic nitrogens is 1. The smallest absolute Gasteiger partial charge is 0.238 e. The zero-order valence-corrected chi connectivity index (χ0v) is 19.3. The average molecular weight is 440 g/mol. The molecule has 3 rings (SSSR count). The van der Waals surface area contributed by atoms with Crippen molar-refractivity contribution in [3.05, 3.63) is 39.4 Å². The molecule has 1 aliphatic heterocycles. The van der Waals surface area contributed by atoms with E-state index in [1.807, 2.05) is 26.8 Å². The number of carbonyl (C=O) groups excluding carboxylic acids is 1. The molecule has 156 valence electrons. The Kier molecular flexibility index (Phi) is 7.14. The third kappa shape index (κ3) is 4.67. The average Bonchev–Trinajstić information content (AvgIpc) is 3.07. The molecule has 0 fully saturated rings. The second-order valence-corrected chi connectivity index (χ2v) is 9.96. The predicted octanol–water partition coefficient (Wildman–Crippen LogP) is 4.51. The molecule has 8 heteroatoms. The lowest BCUT2D eigenvalue weighted by Crippen LogP contribution is -2.25. The van der Waals surface area contributed by atoms with Gasteiger partial charge < -0.3 is 10.2 Å². The fourth-order valence-electron chi connectivity index (χ4n) is 3.34. The molecule has 1 amide bonds. The number of amides is 1. The number of hydrogen-bond donors (Lipinski definition) is 1. The van der Waals surface area contributed by atoms with E-state index in [9.17, 15) is 15.3 Å². The molecule has 0 aliphatic carbocycles. The number of nitriles is 2. The van der Waals surface area contributed by atoms with Gasteiger partial charge in [0.1, 0.15) is 22.2 Å². The number of thiophene rings is 1. The quantitative estimate of drug-likeness (QED) is 0.666. The third-order valence-electron chi connectivity index (χ3n) is 5.11. The molecule has 2 aromatic heterocycles. The number of fused-ring (bicyclic) bond motifs is 1. The van der Waals surface area contributed by atoms with Crippen molar-refractivity contribution < 1.29 is 4.79 Å². The minimum absolute atomic E-state index is 0.161. The largest absolute Gasteiger partial charge is 0.316 e. The zero-order chi connectivity index (χ0) is 21.8. The molecule has 0 bridgehead atoms. The number of carbonyl (C=O) groups is 1. The maximum absolute atomic E-state index is 13.1. The molecular formula is C22H25N5OS2. The van der Waals surface area contributed by atoms with Gasteiger partial charge in [0.05, 0.1) is 16.4 Å². The molecule has 2 aromatic rings. The topological polar surface area (TPSA) is 92.8 Å². The van der Waals surface area contributed by atoms with Crippen molar-refractivity contribution in [3.63, 3.8) is 0 Å². The number of pyridine rings is 1. The van der Waals surface area contributed by atoms with Crippen LogP contribution in [0.3, 0.4) is 0 Å². The molecule has 0 aromatic carbocycles. The monoisotopic (exact) mass is 439 g/mol. The number of likely N-dealkylation sites (N-methyl/N-ethyl adjacent to an activating group) is 1. The molecule has 0 saturated heterocycles. The van der Waals surface area contributed by atoms with Gasteiger partial charge in [-0.15, -0.1) is 11.3 Å². The van der Waals surface area contributed by atoms with Gasteiger partial charge in [-0.25, -0.2) is 4.98 Å². The maximum atomic E-state index is 13.1. The van der Waals surface area contributed by atoms with Gasteiger partial charge in [-0.3, -0.25) is 4.79 Å². The van der Waals surface area contributed by atoms with Gasteiger partial charge in [-0.2, -0.15) is 10.5 Å². The van der Waals surface area contributed by atoms with Crippen LogP contribution in [0.4, 0.5) is 5.00 Å². The lowest BCUT2D eigenvalue weighted by atomic mass is 10.0. The van der Waals surface area contributed by atoms with Gasteiger partial charge in [-0.05, 0) is 43.5 Å². The summed E-state index contributed by atoms with van der Waals surface area (Å²) in [5.41, 5.74) is 3.03. The highest BCUT2D eigenvalue weighted by Gasteiger charge is 2.26. The van der Waals surface area contributed by atoms with Crippen molar-refractivity contribution in [2.24, 2.45) is 0 Å². The van der Waals surface area contributed by atoms with Crippen LogP contribution < -0.4 is 5.32 Å². The van der Waals surface area contributed by atoms with Crippen LogP contribution in [0, 0.1) is 22.7 Å². The SMILES string of the molecule is CCC(Sc1nc(C(C)C)ccc1C#N)C(=O)Nc1sc2c(c1C#N)CCN(C)C2. The molecule has 0 radical (unpaired) electrons. The van der Waals surface area contributed by atoms with E-state index in [2.05, 4.69) is 34.4 Å². The van der Waals surface area contributed by atoms with Crippen LogP contribution in [-0.4, -0.2) is 34.6 Å². The number of thioether (sulfide) groups is 1. The van der Waals surface area contributed by atoms with Crippen molar-refractivity contribution in [2.75, 3.05) is 18.9 Å². The van der Waals surface area contributed by atoms with E-state index >= 15 is 0 Å². The molecule has 1 N–H and O–H groups in total. The van der Waals surface area contributed by atoms with Crippen molar-refractivity contribution in [2.45, 2.75) is 56.4 Å². The van der Waals surface area contributed by atoms with E-state index in [0.29, 0.717) is 27.6 Å². The molecule has 1 atom stereocenters. The fraction of sp³-hybridized carbons (Fsp3) is 0.455. The van der Waals surface area contributed by atoms with Crippen LogP contribution in [-0.2, 0) is 17.8 Å². The summed E-state index contributed by atoms with van der Waals surface area (Å²) < 4.78 is 0. The zero-order valence-electron chi connectivity index (χ0n) is 17.7. The Hall–Kier alpha value is -2.39. The first-order valence-electron chi connectivity index (χ1n) is 9.99. The minimum atomic E-state index is -0.402. The van der Waals surface area contributed by atoms with E-state index in [-0.39, 0.29) is 11.8 Å². The first-order valence-corrected chi connectivity index (χ1v) is 11.7. The number of nitrogens with zero attached hydrogens (tertiary/aromatic N) is 4. The standard InChI is InChI=1S/C22H25N5OS2/c1-5-18(29-21-14(10-23)6-7-17(25-21)13(2)3)20(28)26-22-16(11-24)15-8-9-27(4)12-19(15)30-22/h6-7,13,18H,5,8-9,12H2,1-4H3,(H,26,28). The molecule has 0 saturated carbocycles. The molecule has 1 aliphatic rings. The van der Waals surface area contributed by atoms with Crippen LogP contribution in [0.25, 0.3) is 0 Å². The normalized spacial score (nSPS) is 14.6. The van der Waals surface area contributed by atoms with Crippen LogP contribution in [0.2, 0.25) is 0 Å². The number of anilines is 1. The highest BCUT2D eigenvalue weighted by Crippen LogP contribution is 2.37. The number of nitrogens with one attached hydrogen (secondary N) is 1. The molecule has 6 nitrogen and oxygen atoms in total. The first kappa shape index (κ1) is 22.3. The Morgan fingerprint density at radius 3 is 2.77 bits per heavy atom. The third-order valence-corrected chi connectivity index (χ3v) is 7.61. The highest BCUT2D eigenvalue weighted by molar-refractivity contribution is 8.00. The summed E-state index contributed by atoms with van der Waals surface area (Å²) in [6, 6.07) is 8.09. The molecule has 1 unspecified atom stereocenters. The van der Waals surface area contributed by atoms with Gasteiger partial charge in [-0.1, -0.05) is 32.5 Å². The molecule has 30 heavy (non-hydrogen) atoms. The van der Waals surface area contributed by atoms with Crippen LogP contribution in [0.1, 0.15) is 60.4 Å². The van der Waals surface area contributed by atoms with E-state index in [1.54, 1.807) is 6.07 Å². The summed E-state index contributed by atoms with van der Waals surface area (Å²) in [7, 11) is 2.06. The Morgan fingerprint density at radius 1 is 1.37 bits per heavy atom.